The number of alkyl halides is 6. The van der Waals surface area contributed by atoms with Gasteiger partial charge in [0.25, 0.3) is 0 Å². The van der Waals surface area contributed by atoms with Crippen LogP contribution >= 0.6 is 0 Å². The normalized spacial score (nSPS) is 18.1. The molecule has 14 heteroatoms. The number of rotatable bonds is 7. The molecule has 2 rings (SSSR count). The van der Waals surface area contributed by atoms with Crippen LogP contribution in [0.1, 0.15) is 78.0 Å². The smallest absolute Gasteiger partial charge is 0.467 e. The van der Waals surface area contributed by atoms with Crippen molar-refractivity contribution in [3.05, 3.63) is 28.8 Å². The van der Waals surface area contributed by atoms with Crippen molar-refractivity contribution in [1.29, 1.82) is 0 Å². The predicted molar refractivity (Wildman–Crippen MR) is 130 cm³/mol. The van der Waals surface area contributed by atoms with Crippen LogP contribution in [0.3, 0.4) is 0 Å². The Balaban J connectivity index is 2.40. The van der Waals surface area contributed by atoms with Crippen LogP contribution in [0, 0.1) is 0 Å². The number of carbonyl (C=O) groups excluding carboxylic acids is 2. The van der Waals surface area contributed by atoms with E-state index < -0.39 is 71.0 Å². The second-order valence-electron chi connectivity index (χ2n) is 11.3. The summed E-state index contributed by atoms with van der Waals surface area (Å²) in [6, 6.07) is 0.0340. The minimum absolute atomic E-state index is 0.0556. The van der Waals surface area contributed by atoms with E-state index in [2.05, 4.69) is 10.1 Å². The molecule has 1 amide bonds. The maximum absolute atomic E-state index is 14.1. The van der Waals surface area contributed by atoms with Crippen molar-refractivity contribution in [2.75, 3.05) is 7.11 Å². The average molecular weight is 569 g/mol. The van der Waals surface area contributed by atoms with E-state index in [1.807, 2.05) is 0 Å². The van der Waals surface area contributed by atoms with E-state index in [-0.39, 0.29) is 24.8 Å². The molecule has 1 aromatic carbocycles. The summed E-state index contributed by atoms with van der Waals surface area (Å²) < 4.78 is 106. The van der Waals surface area contributed by atoms with Crippen molar-refractivity contribution in [3.63, 3.8) is 0 Å². The van der Waals surface area contributed by atoms with Crippen LogP contribution in [0.5, 0.6) is 0 Å². The topological polar surface area (TPSA) is 83.1 Å². The third kappa shape index (κ3) is 8.26. The number of hydrogen-bond acceptors (Lipinski definition) is 6. The van der Waals surface area contributed by atoms with Gasteiger partial charge in [0.1, 0.15) is 11.6 Å². The van der Waals surface area contributed by atoms with Crippen molar-refractivity contribution in [3.8, 4) is 0 Å². The lowest BCUT2D eigenvalue weighted by Gasteiger charge is -2.32. The molecular weight excluding hydrogens is 535 g/mol. The molecule has 0 unspecified atom stereocenters. The van der Waals surface area contributed by atoms with Gasteiger partial charge in [-0.05, 0) is 85.4 Å². The molecule has 1 saturated heterocycles. The van der Waals surface area contributed by atoms with E-state index in [0.29, 0.717) is 12.1 Å². The summed E-state index contributed by atoms with van der Waals surface area (Å²) in [5.74, 6) is -0.844. The lowest BCUT2D eigenvalue weighted by molar-refractivity contribution is -0.143. The summed E-state index contributed by atoms with van der Waals surface area (Å²) in [6.07, 6.45) is -11.7. The molecule has 0 bridgehead atoms. The Labute approximate surface area is 224 Å². The fourth-order valence-corrected chi connectivity index (χ4v) is 3.89. The third-order valence-corrected chi connectivity index (χ3v) is 6.47. The Morgan fingerprint density at radius 3 is 1.79 bits per heavy atom. The molecule has 7 nitrogen and oxygen atoms in total. The van der Waals surface area contributed by atoms with E-state index in [0.717, 1.165) is 7.11 Å². The van der Waals surface area contributed by atoms with Crippen LogP contribution in [0.2, 0.25) is 0 Å². The summed E-state index contributed by atoms with van der Waals surface area (Å²) in [6.45, 7) is 10.9. The van der Waals surface area contributed by atoms with E-state index in [1.54, 1.807) is 20.8 Å². The Bertz CT molecular complexity index is 1010. The van der Waals surface area contributed by atoms with E-state index in [9.17, 15) is 35.9 Å². The molecule has 1 N–H and O–H groups in total. The van der Waals surface area contributed by atoms with Crippen LogP contribution in [0.15, 0.2) is 12.1 Å². The van der Waals surface area contributed by atoms with Crippen LogP contribution in [0.25, 0.3) is 0 Å². The standard InChI is InChI=1S/C25H34BF6NO6/c1-21(2,3)37-20(35)33-17(19(34)36-8)11-9-10-14-12-15(24(27,28)29)18(16(13-14)25(30,31)32)26-38-22(4,5)23(6,7)39-26/h12-13,17H,9-11H2,1-8H3,(H,33,35)/t17-/m0/s1. The van der Waals surface area contributed by atoms with Gasteiger partial charge in [-0.3, -0.25) is 0 Å². The van der Waals surface area contributed by atoms with Gasteiger partial charge in [-0.2, -0.15) is 26.3 Å². The van der Waals surface area contributed by atoms with E-state index in [4.69, 9.17) is 14.0 Å². The maximum Gasteiger partial charge on any atom is 0.496 e. The second-order valence-corrected chi connectivity index (χ2v) is 11.3. The zero-order valence-corrected chi connectivity index (χ0v) is 23.1. The molecule has 1 aliphatic rings. The maximum atomic E-state index is 14.1. The molecule has 1 aromatic rings. The fraction of sp³-hybridized carbons (Fsp3) is 0.680. The van der Waals surface area contributed by atoms with Gasteiger partial charge in [-0.25, -0.2) is 9.59 Å². The highest BCUT2D eigenvalue weighted by molar-refractivity contribution is 6.63. The molecule has 0 radical (unpaired) electrons. The number of ether oxygens (including phenoxy) is 2. The lowest BCUT2D eigenvalue weighted by atomic mass is 9.71. The molecular formula is C25H34BF6NO6. The van der Waals surface area contributed by atoms with Crippen LogP contribution < -0.4 is 10.8 Å². The number of nitrogens with one attached hydrogen (secondary N) is 1. The fourth-order valence-electron chi connectivity index (χ4n) is 3.89. The molecule has 0 aliphatic carbocycles. The minimum atomic E-state index is -5.15. The van der Waals surface area contributed by atoms with Crippen molar-refractivity contribution < 1.29 is 54.7 Å². The Kier molecular flexibility index (Phi) is 9.39. The summed E-state index contributed by atoms with van der Waals surface area (Å²) >= 11 is 0. The highest BCUT2D eigenvalue weighted by atomic mass is 19.4. The van der Waals surface area contributed by atoms with Gasteiger partial charge < -0.3 is 24.1 Å². The molecule has 1 fully saturated rings. The summed E-state index contributed by atoms with van der Waals surface area (Å²) in [5, 5.41) is 2.31. The Hall–Kier alpha value is -2.48. The van der Waals surface area contributed by atoms with Gasteiger partial charge in [-0.1, -0.05) is 0 Å². The number of hydrogen-bond donors (Lipinski definition) is 1. The number of amides is 1. The Morgan fingerprint density at radius 2 is 1.41 bits per heavy atom. The monoisotopic (exact) mass is 569 g/mol. The van der Waals surface area contributed by atoms with Gasteiger partial charge in [0.2, 0.25) is 0 Å². The molecule has 0 saturated carbocycles. The molecule has 39 heavy (non-hydrogen) atoms. The van der Waals surface area contributed by atoms with Crippen LogP contribution in [0.4, 0.5) is 31.1 Å². The zero-order chi connectivity index (χ0) is 30.2. The number of alkyl carbamates (subject to hydrolysis) is 1. The number of esters is 1. The van der Waals surface area contributed by atoms with Gasteiger partial charge >= 0.3 is 31.5 Å². The molecule has 1 heterocycles. The van der Waals surface area contributed by atoms with E-state index >= 15 is 0 Å². The number of aryl methyl sites for hydroxylation is 1. The minimum Gasteiger partial charge on any atom is -0.467 e. The number of benzene rings is 1. The van der Waals surface area contributed by atoms with Gasteiger partial charge in [-0.15, -0.1) is 0 Å². The van der Waals surface area contributed by atoms with E-state index in [1.165, 1.54) is 27.7 Å². The molecule has 0 aromatic heterocycles. The molecule has 1 atom stereocenters. The number of carbonyl (C=O) groups is 2. The highest BCUT2D eigenvalue weighted by Gasteiger charge is 2.56. The van der Waals surface area contributed by atoms with Crippen molar-refractivity contribution in [1.82, 2.24) is 5.32 Å². The van der Waals surface area contributed by atoms with Crippen molar-refractivity contribution in [2.24, 2.45) is 0 Å². The van der Waals surface area contributed by atoms with Crippen molar-refractivity contribution in [2.45, 2.75) is 103 Å². The zero-order valence-electron chi connectivity index (χ0n) is 23.1. The second kappa shape index (κ2) is 11.2. The summed E-state index contributed by atoms with van der Waals surface area (Å²) in [5.41, 5.74) is -7.68. The third-order valence-electron chi connectivity index (χ3n) is 6.47. The molecule has 1 aliphatic heterocycles. The number of halogens is 6. The molecule has 0 spiro atoms. The first-order valence-corrected chi connectivity index (χ1v) is 12.2. The van der Waals surface area contributed by atoms with Crippen LogP contribution in [-0.4, -0.2) is 49.1 Å². The summed E-state index contributed by atoms with van der Waals surface area (Å²) in [4.78, 5) is 24.2. The molecule has 220 valence electrons. The van der Waals surface area contributed by atoms with Crippen molar-refractivity contribution >= 4 is 24.6 Å². The van der Waals surface area contributed by atoms with Gasteiger partial charge in [0.05, 0.1) is 29.4 Å². The van der Waals surface area contributed by atoms with Gasteiger partial charge in [0, 0.05) is 5.46 Å². The average Bonchev–Trinajstić information content (AvgIpc) is 2.95. The summed E-state index contributed by atoms with van der Waals surface area (Å²) in [7, 11) is -0.828. The quantitative estimate of drug-likeness (QED) is 0.269. The van der Waals surface area contributed by atoms with Gasteiger partial charge in [0.15, 0.2) is 0 Å². The first kappa shape index (κ1) is 32.7. The van der Waals surface area contributed by atoms with Crippen LogP contribution in [-0.2, 0) is 42.4 Å². The first-order chi connectivity index (χ1) is 17.5. The predicted octanol–water partition coefficient (Wildman–Crippen LogP) is 5.41. The SMILES string of the molecule is COC(=O)[C@H](CCCc1cc(C(F)(F)F)c(B2OC(C)(C)C(C)(C)O2)c(C(F)(F)F)c1)NC(=O)OC(C)(C)C. The largest absolute Gasteiger partial charge is 0.496 e. The lowest BCUT2D eigenvalue weighted by Crippen LogP contribution is -2.44. The Morgan fingerprint density at radius 1 is 0.949 bits per heavy atom. The number of methoxy groups -OCH3 is 1. The highest BCUT2D eigenvalue weighted by Crippen LogP contribution is 2.41. The first-order valence-electron chi connectivity index (χ1n) is 12.2.